The van der Waals surface area contributed by atoms with Crippen LogP contribution in [0.15, 0.2) is 18.3 Å². The molecule has 4 heteroatoms. The van der Waals surface area contributed by atoms with E-state index in [2.05, 4.69) is 4.98 Å². The SMILES string of the molecule is NC(Cc1ccc[nH]1)C(F)F. The largest absolute Gasteiger partial charge is 0.365 e. The molecule has 1 atom stereocenters. The predicted octanol–water partition coefficient (Wildman–Crippen LogP) is 1.15. The molecule has 0 aliphatic heterocycles. The van der Waals surface area contributed by atoms with Crippen LogP contribution < -0.4 is 5.73 Å². The van der Waals surface area contributed by atoms with Crippen LogP contribution in [0.25, 0.3) is 0 Å². The molecule has 0 amide bonds. The second-order valence-electron chi connectivity index (χ2n) is 2.40. The predicted molar refractivity (Wildman–Crippen MR) is 38.5 cm³/mol. The average molecular weight is 160 g/mol. The molecule has 1 heterocycles. The Bertz CT molecular complexity index is 196. The average Bonchev–Trinajstić information content (AvgIpc) is 2.39. The molecule has 0 aliphatic rings. The van der Waals surface area contributed by atoms with Gasteiger partial charge < -0.3 is 10.7 Å². The smallest absolute Gasteiger partial charge is 0.253 e. The van der Waals surface area contributed by atoms with Crippen molar-refractivity contribution in [2.24, 2.45) is 5.73 Å². The Hall–Kier alpha value is -0.900. The van der Waals surface area contributed by atoms with Crippen molar-refractivity contribution in [1.82, 2.24) is 4.98 Å². The van der Waals surface area contributed by atoms with E-state index < -0.39 is 12.5 Å². The van der Waals surface area contributed by atoms with Crippen molar-refractivity contribution >= 4 is 0 Å². The molecule has 0 saturated heterocycles. The highest BCUT2D eigenvalue weighted by atomic mass is 19.3. The highest BCUT2D eigenvalue weighted by molar-refractivity contribution is 5.05. The molecule has 0 spiro atoms. The molecule has 0 aromatic carbocycles. The fourth-order valence-corrected chi connectivity index (χ4v) is 0.838. The normalized spacial score (nSPS) is 13.8. The van der Waals surface area contributed by atoms with Crippen LogP contribution in [-0.2, 0) is 6.42 Å². The molecule has 0 saturated carbocycles. The zero-order chi connectivity index (χ0) is 8.27. The van der Waals surface area contributed by atoms with E-state index in [-0.39, 0.29) is 6.42 Å². The first-order valence-electron chi connectivity index (χ1n) is 3.36. The number of halogens is 2. The van der Waals surface area contributed by atoms with E-state index in [1.54, 1.807) is 18.3 Å². The van der Waals surface area contributed by atoms with Gasteiger partial charge in [0.15, 0.2) is 0 Å². The third kappa shape index (κ3) is 2.31. The molecule has 2 nitrogen and oxygen atoms in total. The summed E-state index contributed by atoms with van der Waals surface area (Å²) in [5.74, 6) is 0. The Labute approximate surface area is 63.4 Å². The summed E-state index contributed by atoms with van der Waals surface area (Å²) >= 11 is 0. The van der Waals surface area contributed by atoms with Crippen molar-refractivity contribution in [3.8, 4) is 0 Å². The molecular weight excluding hydrogens is 150 g/mol. The fourth-order valence-electron chi connectivity index (χ4n) is 0.838. The van der Waals surface area contributed by atoms with E-state index in [0.29, 0.717) is 0 Å². The van der Waals surface area contributed by atoms with Crippen LogP contribution in [0.4, 0.5) is 8.78 Å². The van der Waals surface area contributed by atoms with Crippen molar-refractivity contribution in [2.75, 3.05) is 0 Å². The van der Waals surface area contributed by atoms with Crippen LogP contribution in [0.5, 0.6) is 0 Å². The zero-order valence-electron chi connectivity index (χ0n) is 5.93. The number of nitrogens with two attached hydrogens (primary N) is 1. The number of hydrogen-bond acceptors (Lipinski definition) is 1. The highest BCUT2D eigenvalue weighted by Crippen LogP contribution is 2.05. The van der Waals surface area contributed by atoms with Crippen molar-refractivity contribution in [3.05, 3.63) is 24.0 Å². The standard InChI is InChI=1S/C7H10F2N2/c8-7(9)6(10)4-5-2-1-3-11-5/h1-3,6-7,11H,4,10H2. The third-order valence-corrected chi connectivity index (χ3v) is 1.44. The Kier molecular flexibility index (Phi) is 2.59. The molecule has 0 fully saturated rings. The summed E-state index contributed by atoms with van der Waals surface area (Å²) in [4.78, 5) is 2.81. The fraction of sp³-hybridized carbons (Fsp3) is 0.429. The van der Waals surface area contributed by atoms with Gasteiger partial charge in [-0.2, -0.15) is 0 Å². The Balaban J connectivity index is 2.43. The van der Waals surface area contributed by atoms with Crippen LogP contribution in [0.2, 0.25) is 0 Å². The molecule has 3 N–H and O–H groups in total. The summed E-state index contributed by atoms with van der Waals surface area (Å²) in [6, 6.07) is 2.43. The maximum atomic E-state index is 11.9. The van der Waals surface area contributed by atoms with Crippen LogP contribution in [0.3, 0.4) is 0 Å². The zero-order valence-corrected chi connectivity index (χ0v) is 5.93. The summed E-state index contributed by atoms with van der Waals surface area (Å²) in [5.41, 5.74) is 5.89. The maximum absolute atomic E-state index is 11.9. The van der Waals surface area contributed by atoms with Gasteiger partial charge in [-0.1, -0.05) is 0 Å². The molecule has 1 aromatic heterocycles. The minimum Gasteiger partial charge on any atom is -0.365 e. The van der Waals surface area contributed by atoms with Gasteiger partial charge in [0.25, 0.3) is 6.43 Å². The monoisotopic (exact) mass is 160 g/mol. The summed E-state index contributed by atoms with van der Waals surface area (Å²) in [5, 5.41) is 0. The van der Waals surface area contributed by atoms with Crippen LogP contribution in [0, 0.1) is 0 Å². The quantitative estimate of drug-likeness (QED) is 0.684. The Morgan fingerprint density at radius 1 is 1.55 bits per heavy atom. The van der Waals surface area contributed by atoms with Gasteiger partial charge in [-0.05, 0) is 12.1 Å². The summed E-state index contributed by atoms with van der Waals surface area (Å²) in [6.07, 6.45) is -0.559. The molecule has 62 valence electrons. The lowest BCUT2D eigenvalue weighted by Gasteiger charge is -2.07. The number of alkyl halides is 2. The first-order valence-corrected chi connectivity index (χ1v) is 3.36. The number of aromatic nitrogens is 1. The van der Waals surface area contributed by atoms with Crippen LogP contribution in [-0.4, -0.2) is 17.5 Å². The number of nitrogens with one attached hydrogen (secondary N) is 1. The minimum atomic E-state index is -2.45. The van der Waals surface area contributed by atoms with E-state index in [0.717, 1.165) is 5.69 Å². The molecule has 11 heavy (non-hydrogen) atoms. The van der Waals surface area contributed by atoms with E-state index in [1.807, 2.05) is 0 Å². The highest BCUT2D eigenvalue weighted by Gasteiger charge is 2.15. The lowest BCUT2D eigenvalue weighted by molar-refractivity contribution is 0.115. The van der Waals surface area contributed by atoms with Gasteiger partial charge in [0, 0.05) is 18.3 Å². The molecule has 0 bridgehead atoms. The van der Waals surface area contributed by atoms with Gasteiger partial charge in [0.1, 0.15) is 0 Å². The van der Waals surface area contributed by atoms with Gasteiger partial charge in [-0.15, -0.1) is 0 Å². The number of hydrogen-bond donors (Lipinski definition) is 2. The van der Waals surface area contributed by atoms with E-state index in [4.69, 9.17) is 5.73 Å². The van der Waals surface area contributed by atoms with Gasteiger partial charge in [-0.25, -0.2) is 8.78 Å². The molecule has 0 aliphatic carbocycles. The van der Waals surface area contributed by atoms with Gasteiger partial charge in [0.05, 0.1) is 6.04 Å². The van der Waals surface area contributed by atoms with E-state index >= 15 is 0 Å². The molecule has 1 aromatic rings. The van der Waals surface area contributed by atoms with Gasteiger partial charge in [0.2, 0.25) is 0 Å². The minimum absolute atomic E-state index is 0.199. The second kappa shape index (κ2) is 3.48. The topological polar surface area (TPSA) is 41.8 Å². The van der Waals surface area contributed by atoms with Crippen molar-refractivity contribution in [2.45, 2.75) is 18.9 Å². The molecule has 0 radical (unpaired) electrons. The van der Waals surface area contributed by atoms with E-state index in [1.165, 1.54) is 0 Å². The van der Waals surface area contributed by atoms with Crippen molar-refractivity contribution < 1.29 is 8.78 Å². The first kappa shape index (κ1) is 8.20. The number of H-pyrrole nitrogens is 1. The lowest BCUT2D eigenvalue weighted by Crippen LogP contribution is -2.30. The van der Waals surface area contributed by atoms with Gasteiger partial charge >= 0.3 is 0 Å². The molecule has 1 rings (SSSR count). The van der Waals surface area contributed by atoms with Crippen LogP contribution >= 0.6 is 0 Å². The Morgan fingerprint density at radius 3 is 2.73 bits per heavy atom. The summed E-state index contributed by atoms with van der Waals surface area (Å²) in [6.45, 7) is 0. The summed E-state index contributed by atoms with van der Waals surface area (Å²) < 4.78 is 23.8. The van der Waals surface area contributed by atoms with Crippen molar-refractivity contribution in [1.29, 1.82) is 0 Å². The maximum Gasteiger partial charge on any atom is 0.253 e. The number of aromatic amines is 1. The third-order valence-electron chi connectivity index (χ3n) is 1.44. The van der Waals surface area contributed by atoms with Crippen molar-refractivity contribution in [3.63, 3.8) is 0 Å². The lowest BCUT2D eigenvalue weighted by atomic mass is 10.2. The number of rotatable bonds is 3. The molecule has 1 unspecified atom stereocenters. The van der Waals surface area contributed by atoms with Crippen LogP contribution in [0.1, 0.15) is 5.69 Å². The first-order chi connectivity index (χ1) is 5.20. The van der Waals surface area contributed by atoms with E-state index in [9.17, 15) is 8.78 Å². The van der Waals surface area contributed by atoms with Gasteiger partial charge in [-0.3, -0.25) is 0 Å². The Morgan fingerprint density at radius 2 is 2.27 bits per heavy atom. The second-order valence-corrected chi connectivity index (χ2v) is 2.40. The molecular formula is C7H10F2N2. The summed E-state index contributed by atoms with van der Waals surface area (Å²) in [7, 11) is 0.